The Balaban J connectivity index is 0.00000225. The largest absolute Gasteiger partial charge is 0.318 e. The average Bonchev–Trinajstić information content (AvgIpc) is 2.20. The van der Waals surface area contributed by atoms with E-state index in [2.05, 4.69) is 10.2 Å². The zero-order chi connectivity index (χ0) is 11.3. The Morgan fingerprint density at radius 3 is 2.69 bits per heavy atom. The maximum Gasteiger partial charge on any atom is 0.127 e. The lowest BCUT2D eigenvalue weighted by atomic mass is 10.1. The van der Waals surface area contributed by atoms with Gasteiger partial charge in [-0.25, -0.2) is 4.39 Å². The van der Waals surface area contributed by atoms with Crippen molar-refractivity contribution in [2.45, 2.75) is 13.5 Å². The van der Waals surface area contributed by atoms with Crippen molar-refractivity contribution < 1.29 is 4.39 Å². The third-order valence-corrected chi connectivity index (χ3v) is 2.39. The van der Waals surface area contributed by atoms with Crippen LogP contribution in [0.3, 0.4) is 0 Å². The van der Waals surface area contributed by atoms with E-state index in [0.717, 1.165) is 24.2 Å². The second-order valence-corrected chi connectivity index (χ2v) is 3.94. The Morgan fingerprint density at radius 1 is 1.38 bits per heavy atom. The van der Waals surface area contributed by atoms with Crippen LogP contribution in [-0.4, -0.2) is 32.1 Å². The van der Waals surface area contributed by atoms with Gasteiger partial charge in [-0.2, -0.15) is 0 Å². The quantitative estimate of drug-likeness (QED) is 0.857. The summed E-state index contributed by atoms with van der Waals surface area (Å²) in [7, 11) is 3.92. The molecule has 0 saturated heterocycles. The molecule has 2 nitrogen and oxygen atoms in total. The van der Waals surface area contributed by atoms with Gasteiger partial charge in [-0.1, -0.05) is 17.7 Å². The molecule has 0 unspecified atom stereocenters. The van der Waals surface area contributed by atoms with Crippen LogP contribution in [0.1, 0.15) is 11.1 Å². The second kappa shape index (κ2) is 7.60. The highest BCUT2D eigenvalue weighted by molar-refractivity contribution is 5.85. The third-order valence-electron chi connectivity index (χ3n) is 2.39. The van der Waals surface area contributed by atoms with Crippen molar-refractivity contribution in [1.82, 2.24) is 10.2 Å². The molecule has 0 fully saturated rings. The lowest BCUT2D eigenvalue weighted by Gasteiger charge is -2.17. The standard InChI is InChI=1S/C12H19FN2.ClH/c1-10-4-5-12(13)11(8-10)9-15(3)7-6-14-2;/h4-5,8,14H,6-7,9H2,1-3H3;1H. The van der Waals surface area contributed by atoms with E-state index in [1.165, 1.54) is 6.07 Å². The SMILES string of the molecule is CNCCN(C)Cc1cc(C)ccc1F.Cl. The molecule has 0 heterocycles. The highest BCUT2D eigenvalue weighted by Crippen LogP contribution is 2.11. The molecule has 0 aliphatic rings. The van der Waals surface area contributed by atoms with E-state index in [9.17, 15) is 4.39 Å². The summed E-state index contributed by atoms with van der Waals surface area (Å²) < 4.78 is 13.4. The van der Waals surface area contributed by atoms with E-state index >= 15 is 0 Å². The van der Waals surface area contributed by atoms with Crippen molar-refractivity contribution in [2.75, 3.05) is 27.2 Å². The van der Waals surface area contributed by atoms with E-state index in [0.29, 0.717) is 6.54 Å². The molecule has 0 aromatic heterocycles. The van der Waals surface area contributed by atoms with Gasteiger partial charge in [0.25, 0.3) is 0 Å². The number of halogens is 2. The molecule has 0 radical (unpaired) electrons. The van der Waals surface area contributed by atoms with E-state index < -0.39 is 0 Å². The summed E-state index contributed by atoms with van der Waals surface area (Å²) in [6.45, 7) is 4.49. The third kappa shape index (κ3) is 4.92. The van der Waals surface area contributed by atoms with Crippen molar-refractivity contribution >= 4 is 12.4 Å². The zero-order valence-corrected chi connectivity index (χ0v) is 10.9. The van der Waals surface area contributed by atoms with E-state index in [4.69, 9.17) is 0 Å². The fourth-order valence-electron chi connectivity index (χ4n) is 1.50. The highest BCUT2D eigenvalue weighted by Gasteiger charge is 2.05. The van der Waals surface area contributed by atoms with Gasteiger partial charge in [-0.3, -0.25) is 0 Å². The average molecular weight is 247 g/mol. The van der Waals surface area contributed by atoms with E-state index in [1.54, 1.807) is 6.07 Å². The van der Waals surface area contributed by atoms with Gasteiger partial charge >= 0.3 is 0 Å². The topological polar surface area (TPSA) is 15.3 Å². The van der Waals surface area contributed by atoms with Gasteiger partial charge in [-0.05, 0) is 27.1 Å². The maximum atomic E-state index is 13.4. The van der Waals surface area contributed by atoms with E-state index in [-0.39, 0.29) is 18.2 Å². The lowest BCUT2D eigenvalue weighted by molar-refractivity contribution is 0.322. The number of benzene rings is 1. The van der Waals surface area contributed by atoms with Gasteiger partial charge in [0.2, 0.25) is 0 Å². The van der Waals surface area contributed by atoms with Gasteiger partial charge < -0.3 is 10.2 Å². The summed E-state index contributed by atoms with van der Waals surface area (Å²) >= 11 is 0. The van der Waals surface area contributed by atoms with Crippen molar-refractivity contribution in [2.24, 2.45) is 0 Å². The first-order valence-electron chi connectivity index (χ1n) is 5.21. The maximum absolute atomic E-state index is 13.4. The van der Waals surface area contributed by atoms with Gasteiger partial charge in [0, 0.05) is 25.2 Å². The first kappa shape index (κ1) is 15.4. The summed E-state index contributed by atoms with van der Waals surface area (Å²) in [4.78, 5) is 2.11. The van der Waals surface area contributed by atoms with Gasteiger partial charge in [-0.15, -0.1) is 12.4 Å². The number of nitrogens with one attached hydrogen (secondary N) is 1. The molecule has 0 aliphatic heterocycles. The fraction of sp³-hybridized carbons (Fsp3) is 0.500. The first-order valence-corrected chi connectivity index (χ1v) is 5.21. The predicted molar refractivity (Wildman–Crippen MR) is 68.6 cm³/mol. The summed E-state index contributed by atoms with van der Waals surface area (Å²) in [5.41, 5.74) is 1.88. The second-order valence-electron chi connectivity index (χ2n) is 3.94. The molecule has 1 rings (SSSR count). The van der Waals surface area contributed by atoms with Crippen LogP contribution < -0.4 is 5.32 Å². The van der Waals surface area contributed by atoms with Crippen molar-refractivity contribution in [3.8, 4) is 0 Å². The van der Waals surface area contributed by atoms with Crippen molar-refractivity contribution in [3.05, 3.63) is 35.1 Å². The minimum Gasteiger partial charge on any atom is -0.318 e. The smallest absolute Gasteiger partial charge is 0.127 e. The molecule has 0 amide bonds. The van der Waals surface area contributed by atoms with Crippen LogP contribution in [0.25, 0.3) is 0 Å². The van der Waals surface area contributed by atoms with Crippen LogP contribution >= 0.6 is 12.4 Å². The van der Waals surface area contributed by atoms with Crippen molar-refractivity contribution in [3.63, 3.8) is 0 Å². The van der Waals surface area contributed by atoms with Crippen LogP contribution in [0.4, 0.5) is 4.39 Å². The predicted octanol–water partition coefficient (Wildman–Crippen LogP) is 2.21. The molecule has 16 heavy (non-hydrogen) atoms. The normalized spacial score (nSPS) is 10.3. The van der Waals surface area contributed by atoms with E-state index in [1.807, 2.05) is 27.1 Å². The molecule has 4 heteroatoms. The molecule has 1 N–H and O–H groups in total. The Morgan fingerprint density at radius 2 is 2.06 bits per heavy atom. The summed E-state index contributed by atoms with van der Waals surface area (Å²) in [6, 6.07) is 5.24. The molecular formula is C12H20ClFN2. The summed E-state index contributed by atoms with van der Waals surface area (Å²) in [5.74, 6) is -0.114. The fourth-order valence-corrected chi connectivity index (χ4v) is 1.50. The monoisotopic (exact) mass is 246 g/mol. The molecule has 0 spiro atoms. The first-order chi connectivity index (χ1) is 7.13. The van der Waals surface area contributed by atoms with Gasteiger partial charge in [0.05, 0.1) is 0 Å². The van der Waals surface area contributed by atoms with Crippen LogP contribution in [-0.2, 0) is 6.54 Å². The molecule has 92 valence electrons. The summed E-state index contributed by atoms with van der Waals surface area (Å²) in [5, 5.41) is 3.07. The number of likely N-dealkylation sites (N-methyl/N-ethyl adjacent to an activating group) is 2. The molecule has 0 saturated carbocycles. The minimum absolute atomic E-state index is 0. The zero-order valence-electron chi connectivity index (χ0n) is 10.1. The molecular weight excluding hydrogens is 227 g/mol. The van der Waals surface area contributed by atoms with Crippen molar-refractivity contribution in [1.29, 1.82) is 0 Å². The Kier molecular flexibility index (Phi) is 7.30. The Bertz CT molecular complexity index is 318. The molecule has 0 atom stereocenters. The van der Waals surface area contributed by atoms with Gasteiger partial charge in [0.15, 0.2) is 0 Å². The number of hydrogen-bond donors (Lipinski definition) is 1. The molecule has 1 aromatic carbocycles. The van der Waals surface area contributed by atoms with Crippen LogP contribution in [0, 0.1) is 12.7 Å². The number of aryl methyl sites for hydroxylation is 1. The molecule has 0 bridgehead atoms. The molecule has 1 aromatic rings. The molecule has 0 aliphatic carbocycles. The Hall–Kier alpha value is -0.640. The number of nitrogens with zero attached hydrogens (tertiary/aromatic N) is 1. The number of hydrogen-bond acceptors (Lipinski definition) is 2. The number of rotatable bonds is 5. The van der Waals surface area contributed by atoms with Gasteiger partial charge in [0.1, 0.15) is 5.82 Å². The van der Waals surface area contributed by atoms with Crippen LogP contribution in [0.15, 0.2) is 18.2 Å². The van der Waals surface area contributed by atoms with Crippen LogP contribution in [0.5, 0.6) is 0 Å². The highest BCUT2D eigenvalue weighted by atomic mass is 35.5. The lowest BCUT2D eigenvalue weighted by Crippen LogP contribution is -2.27. The Labute approximate surface area is 103 Å². The minimum atomic E-state index is -0.114. The van der Waals surface area contributed by atoms with Crippen LogP contribution in [0.2, 0.25) is 0 Å². The summed E-state index contributed by atoms with van der Waals surface area (Å²) in [6.07, 6.45) is 0.